The molecule has 0 heterocycles. The molecule has 294 valence electrons. The number of esters is 1. The van der Waals surface area contributed by atoms with Gasteiger partial charge in [0.05, 0.1) is 152 Å². The minimum absolute atomic E-state index is 0.144. The molecule has 0 N–H and O–H groups in total. The third kappa shape index (κ3) is 45.0. The minimum atomic E-state index is -0.144. The molecule has 0 radical (unpaired) electrons. The Hall–Kier alpha value is -1.01. The van der Waals surface area contributed by atoms with Crippen LogP contribution in [0.25, 0.3) is 0 Å². The summed E-state index contributed by atoms with van der Waals surface area (Å²) < 4.78 is 70.4. The van der Waals surface area contributed by atoms with Crippen LogP contribution < -0.4 is 0 Å². The average Bonchev–Trinajstić information content (AvgIpc) is 3.11. The monoisotopic (exact) mass is 714 g/mol. The van der Waals surface area contributed by atoms with E-state index in [0.29, 0.717) is 165 Å². The molecule has 14 nitrogen and oxygen atoms in total. The second-order valence-corrected chi connectivity index (χ2v) is 10.7. The fourth-order valence-corrected chi connectivity index (χ4v) is 3.90. The van der Waals surface area contributed by atoms with Gasteiger partial charge in [0.15, 0.2) is 0 Å². The fourth-order valence-electron chi connectivity index (χ4n) is 3.90. The molecule has 0 aliphatic carbocycles. The van der Waals surface area contributed by atoms with Gasteiger partial charge in [-0.05, 0) is 13.3 Å². The Morgan fingerprint density at radius 3 is 0.837 bits per heavy atom. The van der Waals surface area contributed by atoms with E-state index in [-0.39, 0.29) is 12.6 Å². The Balaban J connectivity index is 3.09. The Morgan fingerprint density at radius 1 is 0.306 bits per heavy atom. The van der Waals surface area contributed by atoms with Gasteiger partial charge in [-0.1, -0.05) is 39.0 Å². The number of carbonyl (C=O) groups excluding carboxylic acids is 1. The number of rotatable bonds is 44. The normalized spacial score (nSPS) is 11.5. The second-order valence-electron chi connectivity index (χ2n) is 10.7. The van der Waals surface area contributed by atoms with Crippen LogP contribution in [0.3, 0.4) is 0 Å². The average molecular weight is 715 g/mol. The summed E-state index contributed by atoms with van der Waals surface area (Å²) >= 11 is 0. The summed E-state index contributed by atoms with van der Waals surface area (Å²) in [5, 5.41) is 0. The van der Waals surface area contributed by atoms with E-state index < -0.39 is 0 Å². The van der Waals surface area contributed by atoms with Gasteiger partial charge in [-0.2, -0.15) is 0 Å². The molecule has 49 heavy (non-hydrogen) atoms. The third-order valence-corrected chi connectivity index (χ3v) is 6.52. The lowest BCUT2D eigenvalue weighted by molar-refractivity contribution is -0.145. The molecule has 0 rings (SSSR count). The molecular formula is C35H70O14. The van der Waals surface area contributed by atoms with Crippen LogP contribution in [-0.2, 0) is 66.4 Å². The first-order valence-electron chi connectivity index (χ1n) is 18.4. The largest absolute Gasteiger partial charge is 0.463 e. The van der Waals surface area contributed by atoms with Crippen molar-refractivity contribution >= 4 is 5.97 Å². The van der Waals surface area contributed by atoms with Crippen LogP contribution in [-0.4, -0.2) is 171 Å². The van der Waals surface area contributed by atoms with Crippen molar-refractivity contribution in [3.63, 3.8) is 0 Å². The van der Waals surface area contributed by atoms with Gasteiger partial charge < -0.3 is 61.6 Å². The van der Waals surface area contributed by atoms with Gasteiger partial charge in [0.2, 0.25) is 0 Å². The number of hydrogen-bond donors (Lipinski definition) is 0. The van der Waals surface area contributed by atoms with Gasteiger partial charge in [0, 0.05) is 13.0 Å². The van der Waals surface area contributed by atoms with Crippen molar-refractivity contribution in [3.8, 4) is 0 Å². The molecule has 0 atom stereocenters. The van der Waals surface area contributed by atoms with Crippen molar-refractivity contribution in [1.82, 2.24) is 0 Å². The highest BCUT2D eigenvalue weighted by molar-refractivity contribution is 5.69. The lowest BCUT2D eigenvalue weighted by Gasteiger charge is -2.09. The van der Waals surface area contributed by atoms with Gasteiger partial charge in [0.1, 0.15) is 6.61 Å². The quantitative estimate of drug-likeness (QED) is 0.0673. The van der Waals surface area contributed by atoms with Crippen molar-refractivity contribution in [2.24, 2.45) is 0 Å². The number of unbranched alkanes of at least 4 members (excludes halogenated alkanes) is 5. The Labute approximate surface area is 296 Å². The van der Waals surface area contributed by atoms with Crippen molar-refractivity contribution in [1.29, 1.82) is 0 Å². The van der Waals surface area contributed by atoms with Crippen LogP contribution in [0.2, 0.25) is 0 Å². The number of hydrogen-bond acceptors (Lipinski definition) is 14. The molecule has 0 saturated carbocycles. The van der Waals surface area contributed by atoms with E-state index >= 15 is 0 Å². The van der Waals surface area contributed by atoms with Crippen molar-refractivity contribution < 1.29 is 66.4 Å². The van der Waals surface area contributed by atoms with E-state index in [1.54, 1.807) is 0 Å². The Bertz CT molecular complexity index is 617. The van der Waals surface area contributed by atoms with E-state index in [1.807, 2.05) is 6.92 Å². The zero-order valence-electron chi connectivity index (χ0n) is 30.8. The molecule has 0 spiro atoms. The van der Waals surface area contributed by atoms with Crippen LogP contribution in [0.1, 0.15) is 58.8 Å². The highest BCUT2D eigenvalue weighted by Gasteiger charge is 2.03. The molecule has 0 bridgehead atoms. The van der Waals surface area contributed by atoms with E-state index in [9.17, 15) is 4.79 Å². The van der Waals surface area contributed by atoms with Gasteiger partial charge >= 0.3 is 5.97 Å². The molecule has 0 aromatic heterocycles. The highest BCUT2D eigenvalue weighted by Crippen LogP contribution is 2.07. The fraction of sp³-hybridized carbons (Fsp3) is 0.971. The summed E-state index contributed by atoms with van der Waals surface area (Å²) in [6, 6.07) is 0. The van der Waals surface area contributed by atoms with E-state index in [2.05, 4.69) is 6.92 Å². The highest BCUT2D eigenvalue weighted by atomic mass is 16.6. The minimum Gasteiger partial charge on any atom is -0.463 e. The van der Waals surface area contributed by atoms with Gasteiger partial charge in [-0.3, -0.25) is 4.79 Å². The third-order valence-electron chi connectivity index (χ3n) is 6.52. The zero-order valence-corrected chi connectivity index (χ0v) is 30.8. The van der Waals surface area contributed by atoms with Crippen LogP contribution >= 0.6 is 0 Å². The molecule has 0 aliphatic rings. The van der Waals surface area contributed by atoms with Crippen LogP contribution in [0, 0.1) is 0 Å². The first-order valence-corrected chi connectivity index (χ1v) is 18.4. The number of ether oxygens (including phenoxy) is 13. The molecule has 0 saturated heterocycles. The maximum Gasteiger partial charge on any atom is 0.305 e. The summed E-state index contributed by atoms with van der Waals surface area (Å²) in [6.45, 7) is 16.9. The standard InChI is InChI=1S/C35H70O14/c1-3-5-6-7-8-9-10-35(36)49-34-33-48-32-31-47-30-29-46-28-27-45-26-25-44-24-23-43-22-21-42-20-19-41-18-17-40-16-15-39-14-13-38-12-11-37-4-2/h3-34H2,1-2H3. The predicted octanol–water partition coefficient (Wildman–Crippen LogP) is 3.50. The van der Waals surface area contributed by atoms with Gasteiger partial charge in [-0.15, -0.1) is 0 Å². The van der Waals surface area contributed by atoms with E-state index in [4.69, 9.17) is 61.6 Å². The molecule has 0 aliphatic heterocycles. The summed E-state index contributed by atoms with van der Waals surface area (Å²) in [5.74, 6) is -0.144. The summed E-state index contributed by atoms with van der Waals surface area (Å²) in [4.78, 5) is 11.7. The lowest BCUT2D eigenvalue weighted by Crippen LogP contribution is -2.15. The zero-order chi connectivity index (χ0) is 35.4. The maximum absolute atomic E-state index is 11.7. The smallest absolute Gasteiger partial charge is 0.305 e. The molecule has 14 heteroatoms. The van der Waals surface area contributed by atoms with E-state index in [1.165, 1.54) is 25.7 Å². The summed E-state index contributed by atoms with van der Waals surface area (Å²) in [7, 11) is 0. The summed E-state index contributed by atoms with van der Waals surface area (Å²) in [6.07, 6.45) is 7.42. The Morgan fingerprint density at radius 2 is 0.551 bits per heavy atom. The molecule has 0 aromatic rings. The van der Waals surface area contributed by atoms with Crippen LogP contribution in [0.4, 0.5) is 0 Å². The summed E-state index contributed by atoms with van der Waals surface area (Å²) in [5.41, 5.74) is 0. The lowest BCUT2D eigenvalue weighted by atomic mass is 10.1. The van der Waals surface area contributed by atoms with Gasteiger partial charge in [0.25, 0.3) is 0 Å². The first-order chi connectivity index (χ1) is 24.3. The first kappa shape index (κ1) is 48.0. The van der Waals surface area contributed by atoms with Crippen molar-refractivity contribution in [2.45, 2.75) is 58.8 Å². The van der Waals surface area contributed by atoms with Crippen LogP contribution in [0.15, 0.2) is 0 Å². The second kappa shape index (κ2) is 45.0. The van der Waals surface area contributed by atoms with Gasteiger partial charge in [-0.25, -0.2) is 0 Å². The molecular weight excluding hydrogens is 644 g/mol. The maximum atomic E-state index is 11.7. The van der Waals surface area contributed by atoms with Crippen molar-refractivity contribution in [3.05, 3.63) is 0 Å². The SMILES string of the molecule is CCCCCCCCC(=O)OCCOCCOCCOCCOCCOCCOCCOCCOCCOCCOCCOCCOCC. The predicted molar refractivity (Wildman–Crippen MR) is 184 cm³/mol. The number of carbonyl (C=O) groups is 1. The Kier molecular flexibility index (Phi) is 44.1. The topological polar surface area (TPSA) is 137 Å². The molecule has 0 aromatic carbocycles. The molecule has 0 unspecified atom stereocenters. The molecule has 0 fully saturated rings. The molecule has 0 amide bonds. The van der Waals surface area contributed by atoms with Crippen LogP contribution in [0.5, 0.6) is 0 Å². The van der Waals surface area contributed by atoms with E-state index in [0.717, 1.165) is 12.8 Å². The van der Waals surface area contributed by atoms with Crippen molar-refractivity contribution in [2.75, 3.05) is 165 Å².